The van der Waals surface area contributed by atoms with Crippen molar-refractivity contribution in [3.63, 3.8) is 0 Å². The van der Waals surface area contributed by atoms with Crippen LogP contribution >= 0.6 is 11.8 Å². The molecule has 0 saturated carbocycles. The highest BCUT2D eigenvalue weighted by atomic mass is 32.2. The lowest BCUT2D eigenvalue weighted by atomic mass is 10.2. The minimum absolute atomic E-state index is 0.0536. The molecule has 1 amide bonds. The lowest BCUT2D eigenvalue weighted by molar-refractivity contribution is -0.130. The van der Waals surface area contributed by atoms with E-state index in [-0.39, 0.29) is 34.8 Å². The fourth-order valence-electron chi connectivity index (χ4n) is 3.43. The van der Waals surface area contributed by atoms with Gasteiger partial charge >= 0.3 is 0 Å². The second-order valence-corrected chi connectivity index (χ2v) is 10.4. The minimum Gasteiger partial charge on any atom is -0.338 e. The molecule has 0 aromatic carbocycles. The summed E-state index contributed by atoms with van der Waals surface area (Å²) < 4.78 is 25.0. The number of aryl methyl sites for hydroxylation is 1. The van der Waals surface area contributed by atoms with E-state index in [1.807, 2.05) is 19.9 Å². The van der Waals surface area contributed by atoms with E-state index in [9.17, 15) is 18.0 Å². The zero-order chi connectivity index (χ0) is 20.3. The third-order valence-electron chi connectivity index (χ3n) is 4.77. The number of hydrogen-bond acceptors (Lipinski definition) is 6. The van der Waals surface area contributed by atoms with E-state index in [1.54, 1.807) is 17.2 Å². The third-order valence-corrected chi connectivity index (χ3v) is 7.47. The Morgan fingerprint density at radius 1 is 1.39 bits per heavy atom. The van der Waals surface area contributed by atoms with Crippen LogP contribution in [-0.4, -0.2) is 58.5 Å². The molecule has 1 fully saturated rings. The number of fused-ring (bicyclic) bond motifs is 1. The fraction of sp³-hybridized carbons (Fsp3) is 0.526. The number of aromatic nitrogens is 2. The predicted octanol–water partition coefficient (Wildman–Crippen LogP) is 1.66. The smallest absolute Gasteiger partial charge is 0.258 e. The van der Waals surface area contributed by atoms with E-state index in [0.29, 0.717) is 30.1 Å². The Kier molecular flexibility index (Phi) is 6.44. The van der Waals surface area contributed by atoms with Crippen LogP contribution in [0.3, 0.4) is 0 Å². The van der Waals surface area contributed by atoms with Crippen LogP contribution in [0.5, 0.6) is 0 Å². The van der Waals surface area contributed by atoms with Crippen molar-refractivity contribution < 1.29 is 13.2 Å². The van der Waals surface area contributed by atoms with Crippen molar-refractivity contribution in [2.45, 2.75) is 38.5 Å². The molecule has 152 valence electrons. The Hall–Kier alpha value is -1.87. The number of nitrogens with zero attached hydrogens (tertiary/aromatic N) is 3. The van der Waals surface area contributed by atoms with Gasteiger partial charge in [0, 0.05) is 30.6 Å². The Morgan fingerprint density at radius 3 is 2.86 bits per heavy atom. The number of carbonyl (C=O) groups excluding carboxylic acids is 1. The molecule has 0 unspecified atom stereocenters. The van der Waals surface area contributed by atoms with Gasteiger partial charge in [0.05, 0.1) is 23.0 Å². The van der Waals surface area contributed by atoms with Crippen LogP contribution in [0.15, 0.2) is 29.2 Å². The second kappa shape index (κ2) is 8.65. The first-order chi connectivity index (χ1) is 13.3. The Morgan fingerprint density at radius 2 is 2.18 bits per heavy atom. The van der Waals surface area contributed by atoms with Crippen molar-refractivity contribution in [2.75, 3.05) is 23.8 Å². The summed E-state index contributed by atoms with van der Waals surface area (Å²) in [6.45, 7) is 4.46. The normalized spacial score (nSPS) is 18.4. The molecule has 0 radical (unpaired) electrons. The number of sulfone groups is 1. The molecule has 0 N–H and O–H groups in total. The number of hydrogen-bond donors (Lipinski definition) is 0. The molecule has 28 heavy (non-hydrogen) atoms. The Bertz CT molecular complexity index is 1030. The number of thioether (sulfide) groups is 1. The monoisotopic (exact) mass is 423 g/mol. The van der Waals surface area contributed by atoms with Crippen LogP contribution < -0.4 is 5.56 Å². The number of carbonyl (C=O) groups is 1. The molecule has 0 bridgehead atoms. The van der Waals surface area contributed by atoms with Gasteiger partial charge in [-0.15, -0.1) is 11.8 Å². The topological polar surface area (TPSA) is 88.8 Å². The van der Waals surface area contributed by atoms with E-state index < -0.39 is 9.84 Å². The summed E-state index contributed by atoms with van der Waals surface area (Å²) in [7, 11) is -3.03. The zero-order valence-electron chi connectivity index (χ0n) is 16.1. The largest absolute Gasteiger partial charge is 0.338 e. The SMILES string of the molecule is CCCN(C(=O)CSCc1cc(=O)n2cc(C)ccc2n1)[C@@H]1CCS(=O)(=O)C1. The second-order valence-electron chi connectivity index (χ2n) is 7.16. The molecule has 3 rings (SSSR count). The third kappa shape index (κ3) is 4.94. The summed E-state index contributed by atoms with van der Waals surface area (Å²) in [6.07, 6.45) is 3.06. The van der Waals surface area contributed by atoms with Gasteiger partial charge in [-0.25, -0.2) is 13.4 Å². The number of pyridine rings is 1. The molecule has 0 aliphatic carbocycles. The summed E-state index contributed by atoms with van der Waals surface area (Å²) in [6, 6.07) is 4.99. The molecule has 2 aromatic heterocycles. The fourth-order valence-corrected chi connectivity index (χ4v) is 5.96. The molecule has 3 heterocycles. The number of rotatable bonds is 7. The van der Waals surface area contributed by atoms with Gasteiger partial charge in [-0.1, -0.05) is 13.0 Å². The van der Waals surface area contributed by atoms with Crippen LogP contribution in [0.25, 0.3) is 5.65 Å². The van der Waals surface area contributed by atoms with Gasteiger partial charge in [-0.05, 0) is 31.4 Å². The molecule has 1 saturated heterocycles. The first-order valence-electron chi connectivity index (χ1n) is 9.35. The number of amides is 1. The van der Waals surface area contributed by atoms with Crippen LogP contribution in [0.4, 0.5) is 0 Å². The van der Waals surface area contributed by atoms with Gasteiger partial charge in [0.2, 0.25) is 5.91 Å². The van der Waals surface area contributed by atoms with Crippen molar-refractivity contribution >= 4 is 33.2 Å². The highest BCUT2D eigenvalue weighted by molar-refractivity contribution is 7.99. The van der Waals surface area contributed by atoms with E-state index >= 15 is 0 Å². The predicted molar refractivity (Wildman–Crippen MR) is 111 cm³/mol. The lowest BCUT2D eigenvalue weighted by Gasteiger charge is -2.27. The first kappa shape index (κ1) is 20.9. The van der Waals surface area contributed by atoms with Crippen LogP contribution in [-0.2, 0) is 20.4 Å². The van der Waals surface area contributed by atoms with Gasteiger partial charge in [0.25, 0.3) is 5.56 Å². The average molecular weight is 424 g/mol. The zero-order valence-corrected chi connectivity index (χ0v) is 17.8. The van der Waals surface area contributed by atoms with Crippen LogP contribution in [0.2, 0.25) is 0 Å². The standard InChI is InChI=1S/C19H25N3O4S2/c1-3-7-21(16-6-8-28(25,26)13-16)19(24)12-27-11-15-9-18(23)22-10-14(2)4-5-17(22)20-15/h4-5,9-10,16H,3,6-8,11-13H2,1-2H3/t16-/m1/s1. The summed E-state index contributed by atoms with van der Waals surface area (Å²) in [5.74, 6) is 0.857. The van der Waals surface area contributed by atoms with Crippen molar-refractivity contribution in [2.24, 2.45) is 0 Å². The molecular weight excluding hydrogens is 398 g/mol. The maximum absolute atomic E-state index is 12.7. The van der Waals surface area contributed by atoms with Gasteiger partial charge in [0.1, 0.15) is 5.65 Å². The van der Waals surface area contributed by atoms with Crippen molar-refractivity contribution in [3.05, 3.63) is 46.0 Å². The van der Waals surface area contributed by atoms with Crippen molar-refractivity contribution in [3.8, 4) is 0 Å². The molecular formula is C19H25N3O4S2. The first-order valence-corrected chi connectivity index (χ1v) is 12.3. The summed E-state index contributed by atoms with van der Waals surface area (Å²) in [5, 5.41) is 0. The average Bonchev–Trinajstić information content (AvgIpc) is 2.99. The molecule has 2 aromatic rings. The van der Waals surface area contributed by atoms with Gasteiger partial charge < -0.3 is 4.90 Å². The Labute approximate surface area is 169 Å². The van der Waals surface area contributed by atoms with Gasteiger partial charge in [0.15, 0.2) is 9.84 Å². The highest BCUT2D eigenvalue weighted by Crippen LogP contribution is 2.20. The quantitative estimate of drug-likeness (QED) is 0.673. The summed E-state index contributed by atoms with van der Waals surface area (Å²) >= 11 is 1.40. The van der Waals surface area contributed by atoms with E-state index in [1.165, 1.54) is 22.2 Å². The van der Waals surface area contributed by atoms with E-state index in [4.69, 9.17) is 0 Å². The van der Waals surface area contributed by atoms with Crippen molar-refractivity contribution in [1.29, 1.82) is 0 Å². The van der Waals surface area contributed by atoms with Gasteiger partial charge in [-0.3, -0.25) is 14.0 Å². The lowest BCUT2D eigenvalue weighted by Crippen LogP contribution is -2.42. The van der Waals surface area contributed by atoms with Crippen LogP contribution in [0.1, 0.15) is 31.0 Å². The van der Waals surface area contributed by atoms with E-state index in [0.717, 1.165) is 12.0 Å². The Balaban J connectivity index is 1.63. The van der Waals surface area contributed by atoms with Crippen molar-refractivity contribution in [1.82, 2.24) is 14.3 Å². The highest BCUT2D eigenvalue weighted by Gasteiger charge is 2.34. The van der Waals surface area contributed by atoms with E-state index in [2.05, 4.69) is 4.98 Å². The summed E-state index contributed by atoms with van der Waals surface area (Å²) in [4.78, 5) is 31.1. The molecule has 7 nitrogen and oxygen atoms in total. The molecule has 9 heteroatoms. The van der Waals surface area contributed by atoms with Crippen LogP contribution in [0, 0.1) is 6.92 Å². The maximum Gasteiger partial charge on any atom is 0.258 e. The minimum atomic E-state index is -3.03. The van der Waals surface area contributed by atoms with Gasteiger partial charge in [-0.2, -0.15) is 0 Å². The molecule has 0 spiro atoms. The molecule has 1 atom stereocenters. The maximum atomic E-state index is 12.7. The molecule has 1 aliphatic heterocycles. The summed E-state index contributed by atoms with van der Waals surface area (Å²) in [5.41, 5.74) is 2.06. The molecule has 1 aliphatic rings.